The highest BCUT2D eigenvalue weighted by Gasteiger charge is 2.50. The molecule has 0 unspecified atom stereocenters. The standard InChI is InChI=1S/C21H25N3O2/c22-19-14-15(10-12-23-19)20(25)24-13-11-21(26,16-6-2-1-3-7-16)17-8-4-5-9-18(17)24/h1-3,6-7,10,12,14,17-18,26H,4-5,8-9,11,13H2,(H2,22,23)/t17-,18-,21+/m0/s1. The quantitative estimate of drug-likeness (QED) is 0.872. The number of carbonyl (C=O) groups excluding carboxylic acids is 1. The predicted octanol–water partition coefficient (Wildman–Crippen LogP) is 2.96. The number of aliphatic hydroxyl groups is 1. The first-order chi connectivity index (χ1) is 12.6. The summed E-state index contributed by atoms with van der Waals surface area (Å²) in [5.41, 5.74) is 6.44. The molecule has 1 saturated carbocycles. The topological polar surface area (TPSA) is 79.5 Å². The molecule has 3 N–H and O–H groups in total. The highest BCUT2D eigenvalue weighted by Crippen LogP contribution is 2.47. The molecule has 1 aromatic heterocycles. The van der Waals surface area contributed by atoms with Crippen LogP contribution >= 0.6 is 0 Å². The lowest BCUT2D eigenvalue weighted by Crippen LogP contribution is -2.59. The molecule has 2 fully saturated rings. The SMILES string of the molecule is Nc1cc(C(=O)N2CC[C@@](O)(c3ccccc3)[C@H]3CCCC[C@@H]32)ccn1. The van der Waals surface area contributed by atoms with Gasteiger partial charge in [0.05, 0.1) is 5.60 Å². The Hall–Kier alpha value is -2.40. The first-order valence-corrected chi connectivity index (χ1v) is 9.40. The molecule has 1 amide bonds. The molecule has 5 heteroatoms. The fraction of sp³-hybridized carbons (Fsp3) is 0.429. The third-order valence-corrected chi connectivity index (χ3v) is 6.04. The number of hydrogen-bond acceptors (Lipinski definition) is 4. The summed E-state index contributed by atoms with van der Waals surface area (Å²) in [6, 6.07) is 13.3. The van der Waals surface area contributed by atoms with E-state index in [2.05, 4.69) is 4.98 Å². The van der Waals surface area contributed by atoms with Gasteiger partial charge >= 0.3 is 0 Å². The van der Waals surface area contributed by atoms with E-state index in [0.29, 0.717) is 24.3 Å². The molecule has 0 radical (unpaired) electrons. The van der Waals surface area contributed by atoms with Crippen molar-refractivity contribution in [1.29, 1.82) is 0 Å². The van der Waals surface area contributed by atoms with Gasteiger partial charge in [-0.15, -0.1) is 0 Å². The lowest BCUT2D eigenvalue weighted by atomic mass is 9.66. The largest absolute Gasteiger partial charge is 0.385 e. The van der Waals surface area contributed by atoms with Crippen molar-refractivity contribution >= 4 is 11.7 Å². The fourth-order valence-electron chi connectivity index (χ4n) is 4.77. The lowest BCUT2D eigenvalue weighted by molar-refractivity contribution is -0.110. The molecule has 136 valence electrons. The Morgan fingerprint density at radius 1 is 1.19 bits per heavy atom. The number of carbonyl (C=O) groups is 1. The second kappa shape index (κ2) is 6.72. The average molecular weight is 351 g/mol. The van der Waals surface area contributed by atoms with Crippen LogP contribution in [0.4, 0.5) is 5.82 Å². The Balaban J connectivity index is 1.66. The van der Waals surface area contributed by atoms with Crippen LogP contribution in [0.5, 0.6) is 0 Å². The normalized spacial score (nSPS) is 28.4. The van der Waals surface area contributed by atoms with Gasteiger partial charge in [0.1, 0.15) is 5.82 Å². The number of hydrogen-bond donors (Lipinski definition) is 2. The first-order valence-electron chi connectivity index (χ1n) is 9.40. The van der Waals surface area contributed by atoms with Gasteiger partial charge in [0.2, 0.25) is 0 Å². The first kappa shape index (κ1) is 17.0. The Morgan fingerprint density at radius 3 is 2.73 bits per heavy atom. The zero-order valence-corrected chi connectivity index (χ0v) is 14.8. The van der Waals surface area contributed by atoms with Crippen LogP contribution in [0.15, 0.2) is 48.7 Å². The minimum Gasteiger partial charge on any atom is -0.385 e. The van der Waals surface area contributed by atoms with Crippen LogP contribution in [0.25, 0.3) is 0 Å². The second-order valence-corrected chi connectivity index (χ2v) is 7.47. The molecule has 4 rings (SSSR count). The number of nitrogens with two attached hydrogens (primary N) is 1. The summed E-state index contributed by atoms with van der Waals surface area (Å²) in [5, 5.41) is 11.6. The van der Waals surface area contributed by atoms with Gasteiger partial charge in [-0.2, -0.15) is 0 Å². The number of benzene rings is 1. The van der Waals surface area contributed by atoms with Crippen LogP contribution in [0.1, 0.15) is 48.0 Å². The number of nitrogen functional groups attached to an aromatic ring is 1. The number of fused-ring (bicyclic) bond motifs is 1. The highest BCUT2D eigenvalue weighted by molar-refractivity contribution is 5.95. The summed E-state index contributed by atoms with van der Waals surface area (Å²) in [6.45, 7) is 0.549. The summed E-state index contributed by atoms with van der Waals surface area (Å²) in [7, 11) is 0. The monoisotopic (exact) mass is 351 g/mol. The Labute approximate surface area is 153 Å². The maximum Gasteiger partial charge on any atom is 0.254 e. The molecule has 3 atom stereocenters. The van der Waals surface area contributed by atoms with Gasteiger partial charge in [0.15, 0.2) is 0 Å². The number of amides is 1. The second-order valence-electron chi connectivity index (χ2n) is 7.47. The number of pyridine rings is 1. The van der Waals surface area contributed by atoms with Crippen molar-refractivity contribution in [1.82, 2.24) is 9.88 Å². The average Bonchev–Trinajstić information content (AvgIpc) is 2.69. The van der Waals surface area contributed by atoms with Gasteiger partial charge in [-0.05, 0) is 37.0 Å². The molecule has 1 aliphatic heterocycles. The van der Waals surface area contributed by atoms with E-state index in [1.807, 2.05) is 35.2 Å². The molecule has 0 spiro atoms. The van der Waals surface area contributed by atoms with E-state index >= 15 is 0 Å². The molecule has 1 aliphatic carbocycles. The zero-order chi connectivity index (χ0) is 18.1. The van der Waals surface area contributed by atoms with Crippen molar-refractivity contribution in [2.24, 2.45) is 5.92 Å². The third kappa shape index (κ3) is 2.86. The van der Waals surface area contributed by atoms with Crippen LogP contribution in [-0.4, -0.2) is 33.5 Å². The highest BCUT2D eigenvalue weighted by atomic mass is 16.3. The molecular weight excluding hydrogens is 326 g/mol. The number of rotatable bonds is 2. The van der Waals surface area contributed by atoms with Crippen LogP contribution in [0, 0.1) is 5.92 Å². The van der Waals surface area contributed by atoms with Crippen LogP contribution in [-0.2, 0) is 5.60 Å². The van der Waals surface area contributed by atoms with Gasteiger partial charge in [-0.25, -0.2) is 4.98 Å². The van der Waals surface area contributed by atoms with Crippen molar-refractivity contribution in [3.05, 3.63) is 59.8 Å². The minimum atomic E-state index is -0.861. The molecule has 2 aromatic rings. The third-order valence-electron chi connectivity index (χ3n) is 6.04. The molecular formula is C21H25N3O2. The number of aromatic nitrogens is 1. The minimum absolute atomic E-state index is 0.00823. The Kier molecular flexibility index (Phi) is 4.41. The van der Waals surface area contributed by atoms with E-state index < -0.39 is 5.60 Å². The summed E-state index contributed by atoms with van der Waals surface area (Å²) < 4.78 is 0. The van der Waals surface area contributed by atoms with E-state index in [1.54, 1.807) is 18.3 Å². The van der Waals surface area contributed by atoms with Crippen LogP contribution in [0.2, 0.25) is 0 Å². The van der Waals surface area contributed by atoms with Crippen molar-refractivity contribution in [2.75, 3.05) is 12.3 Å². The van der Waals surface area contributed by atoms with Crippen LogP contribution in [0.3, 0.4) is 0 Å². The molecule has 26 heavy (non-hydrogen) atoms. The summed E-state index contributed by atoms with van der Waals surface area (Å²) in [4.78, 5) is 19.0. The molecule has 2 aliphatic rings. The van der Waals surface area contributed by atoms with E-state index in [9.17, 15) is 9.90 Å². The van der Waals surface area contributed by atoms with Gasteiger partial charge < -0.3 is 15.7 Å². The zero-order valence-electron chi connectivity index (χ0n) is 14.8. The number of nitrogens with zero attached hydrogens (tertiary/aromatic N) is 2. The van der Waals surface area contributed by atoms with Crippen molar-refractivity contribution in [3.8, 4) is 0 Å². The van der Waals surface area contributed by atoms with E-state index in [0.717, 1.165) is 31.2 Å². The van der Waals surface area contributed by atoms with Gasteiger partial charge in [0, 0.05) is 30.3 Å². The molecule has 1 saturated heterocycles. The van der Waals surface area contributed by atoms with Crippen molar-refractivity contribution < 1.29 is 9.90 Å². The summed E-state index contributed by atoms with van der Waals surface area (Å²) in [6.07, 6.45) is 6.20. The molecule has 2 heterocycles. The van der Waals surface area contributed by atoms with Gasteiger partial charge in [-0.3, -0.25) is 4.79 Å². The number of piperidine rings is 1. The lowest BCUT2D eigenvalue weighted by Gasteiger charge is -2.52. The van der Waals surface area contributed by atoms with Crippen molar-refractivity contribution in [3.63, 3.8) is 0 Å². The maximum absolute atomic E-state index is 13.1. The van der Waals surface area contributed by atoms with E-state index in [1.165, 1.54) is 0 Å². The number of likely N-dealkylation sites (tertiary alicyclic amines) is 1. The molecule has 1 aromatic carbocycles. The van der Waals surface area contributed by atoms with Crippen LogP contribution < -0.4 is 5.73 Å². The van der Waals surface area contributed by atoms with E-state index in [-0.39, 0.29) is 17.9 Å². The smallest absolute Gasteiger partial charge is 0.254 e. The predicted molar refractivity (Wildman–Crippen MR) is 100 cm³/mol. The maximum atomic E-state index is 13.1. The molecule has 0 bridgehead atoms. The molecule has 5 nitrogen and oxygen atoms in total. The van der Waals surface area contributed by atoms with E-state index in [4.69, 9.17) is 5.73 Å². The number of anilines is 1. The summed E-state index contributed by atoms with van der Waals surface area (Å²) in [5.74, 6) is 0.412. The van der Waals surface area contributed by atoms with Crippen molar-refractivity contribution in [2.45, 2.75) is 43.7 Å². The summed E-state index contributed by atoms with van der Waals surface area (Å²) >= 11 is 0. The fourth-order valence-corrected chi connectivity index (χ4v) is 4.77. The van der Waals surface area contributed by atoms with Gasteiger partial charge in [-0.1, -0.05) is 43.2 Å². The Bertz CT molecular complexity index is 795. The van der Waals surface area contributed by atoms with Gasteiger partial charge in [0.25, 0.3) is 5.91 Å². The Morgan fingerprint density at radius 2 is 1.96 bits per heavy atom.